The number of fused-ring (bicyclic) bond motifs is 7. The van der Waals surface area contributed by atoms with E-state index in [4.69, 9.17) is 0 Å². The van der Waals surface area contributed by atoms with Gasteiger partial charge in [-0.25, -0.2) is 0 Å². The minimum absolute atomic E-state index is 1.12. The zero-order chi connectivity index (χ0) is 32.3. The van der Waals surface area contributed by atoms with E-state index in [1.807, 2.05) is 11.3 Å². The predicted molar refractivity (Wildman–Crippen MR) is 211 cm³/mol. The Morgan fingerprint density at radius 1 is 0.367 bits per heavy atom. The van der Waals surface area contributed by atoms with E-state index < -0.39 is 0 Å². The lowest BCUT2D eigenvalue weighted by Gasteiger charge is -2.26. The van der Waals surface area contributed by atoms with Crippen molar-refractivity contribution in [3.63, 3.8) is 0 Å². The first-order valence-corrected chi connectivity index (χ1v) is 17.5. The van der Waals surface area contributed by atoms with Crippen molar-refractivity contribution < 1.29 is 0 Å². The third kappa shape index (κ3) is 4.62. The molecule has 10 aromatic rings. The minimum atomic E-state index is 1.12. The van der Waals surface area contributed by atoms with Gasteiger partial charge in [-0.3, -0.25) is 0 Å². The van der Waals surface area contributed by atoms with Crippen LogP contribution in [0.2, 0.25) is 0 Å². The topological polar surface area (TPSA) is 8.17 Å². The standard InChI is InChI=1S/C46H30N2S/c1-2-14-35(15-3-1)47(38-24-26-42-41-18-7-9-20-45(41)49-46(42)30-38)36-16-10-13-33(28-36)34-22-25-40-39-17-6-8-19-43(39)48(44(40)29-34)37-23-21-31-11-4-5-12-32(31)27-37/h1-30H. The second-order valence-electron chi connectivity index (χ2n) is 12.6. The molecule has 0 aliphatic heterocycles. The molecule has 10 rings (SSSR count). The van der Waals surface area contributed by atoms with Gasteiger partial charge in [-0.1, -0.05) is 115 Å². The fourth-order valence-electron chi connectivity index (χ4n) is 7.45. The van der Waals surface area contributed by atoms with Crippen molar-refractivity contribution in [2.24, 2.45) is 0 Å². The predicted octanol–water partition coefficient (Wildman–Crippen LogP) is 13.4. The van der Waals surface area contributed by atoms with E-state index in [9.17, 15) is 0 Å². The molecule has 0 amide bonds. The number of nitrogens with zero attached hydrogens (tertiary/aromatic N) is 2. The van der Waals surface area contributed by atoms with Gasteiger partial charge >= 0.3 is 0 Å². The van der Waals surface area contributed by atoms with Gasteiger partial charge in [-0.2, -0.15) is 0 Å². The number of thiophene rings is 1. The van der Waals surface area contributed by atoms with Crippen LogP contribution in [0.3, 0.4) is 0 Å². The van der Waals surface area contributed by atoms with E-state index in [2.05, 4.69) is 191 Å². The van der Waals surface area contributed by atoms with Crippen molar-refractivity contribution in [3.05, 3.63) is 182 Å². The number of hydrogen-bond acceptors (Lipinski definition) is 2. The molecule has 0 N–H and O–H groups in total. The lowest BCUT2D eigenvalue weighted by atomic mass is 10.0. The van der Waals surface area contributed by atoms with Gasteiger partial charge in [0.1, 0.15) is 0 Å². The fraction of sp³-hybridized carbons (Fsp3) is 0. The highest BCUT2D eigenvalue weighted by atomic mass is 32.1. The Bertz CT molecular complexity index is 2840. The number of benzene rings is 8. The Balaban J connectivity index is 1.13. The molecule has 2 heterocycles. The zero-order valence-corrected chi connectivity index (χ0v) is 27.4. The van der Waals surface area contributed by atoms with Gasteiger partial charge in [0, 0.05) is 53.7 Å². The molecule has 0 aliphatic carbocycles. The highest BCUT2D eigenvalue weighted by Crippen LogP contribution is 2.42. The molecule has 49 heavy (non-hydrogen) atoms. The molecule has 8 aromatic carbocycles. The average Bonchev–Trinajstić information content (AvgIpc) is 3.70. The summed E-state index contributed by atoms with van der Waals surface area (Å²) < 4.78 is 5.03. The van der Waals surface area contributed by atoms with Crippen LogP contribution in [-0.4, -0.2) is 4.57 Å². The molecule has 2 nitrogen and oxygen atoms in total. The van der Waals surface area contributed by atoms with Crippen LogP contribution < -0.4 is 4.90 Å². The third-order valence-corrected chi connectivity index (χ3v) is 10.9. The Kier molecular flexibility index (Phi) is 6.39. The lowest BCUT2D eigenvalue weighted by Crippen LogP contribution is -2.09. The molecule has 0 saturated heterocycles. The van der Waals surface area contributed by atoms with Crippen molar-refractivity contribution in [3.8, 4) is 16.8 Å². The summed E-state index contributed by atoms with van der Waals surface area (Å²) in [6.07, 6.45) is 0. The monoisotopic (exact) mass is 642 g/mol. The largest absolute Gasteiger partial charge is 0.310 e. The Morgan fingerprint density at radius 3 is 1.96 bits per heavy atom. The van der Waals surface area contributed by atoms with Crippen molar-refractivity contribution in [1.29, 1.82) is 0 Å². The highest BCUT2D eigenvalue weighted by Gasteiger charge is 2.17. The first kappa shape index (κ1) is 27.9. The van der Waals surface area contributed by atoms with E-state index in [1.54, 1.807) is 0 Å². The molecule has 0 bridgehead atoms. The molecule has 0 radical (unpaired) electrons. The van der Waals surface area contributed by atoms with Crippen molar-refractivity contribution >= 4 is 81.1 Å². The van der Waals surface area contributed by atoms with Crippen LogP contribution in [0.5, 0.6) is 0 Å². The second-order valence-corrected chi connectivity index (χ2v) is 13.7. The summed E-state index contributed by atoms with van der Waals surface area (Å²) in [4.78, 5) is 2.37. The summed E-state index contributed by atoms with van der Waals surface area (Å²) in [6.45, 7) is 0. The first-order valence-electron chi connectivity index (χ1n) is 16.7. The fourth-order valence-corrected chi connectivity index (χ4v) is 8.59. The van der Waals surface area contributed by atoms with Crippen LogP contribution in [-0.2, 0) is 0 Å². The lowest BCUT2D eigenvalue weighted by molar-refractivity contribution is 1.19. The summed E-state index contributed by atoms with van der Waals surface area (Å²) in [6, 6.07) is 66.3. The van der Waals surface area contributed by atoms with E-state index >= 15 is 0 Å². The third-order valence-electron chi connectivity index (χ3n) is 9.74. The molecular weight excluding hydrogens is 613 g/mol. The number of anilines is 3. The molecule has 0 unspecified atom stereocenters. The Hall–Kier alpha value is -6.16. The van der Waals surface area contributed by atoms with E-state index in [0.29, 0.717) is 0 Å². The highest BCUT2D eigenvalue weighted by molar-refractivity contribution is 7.25. The quantitative estimate of drug-likeness (QED) is 0.181. The Morgan fingerprint density at radius 2 is 1.04 bits per heavy atom. The van der Waals surface area contributed by atoms with Gasteiger partial charge in [0.2, 0.25) is 0 Å². The number of aromatic nitrogens is 1. The summed E-state index contributed by atoms with van der Waals surface area (Å²) in [5.41, 5.74) is 9.36. The van der Waals surface area contributed by atoms with Crippen molar-refractivity contribution in [2.45, 2.75) is 0 Å². The van der Waals surface area contributed by atoms with Gasteiger partial charge < -0.3 is 9.47 Å². The van der Waals surface area contributed by atoms with Crippen LogP contribution in [0.1, 0.15) is 0 Å². The number of para-hydroxylation sites is 2. The summed E-state index contributed by atoms with van der Waals surface area (Å²) in [5, 5.41) is 7.63. The van der Waals surface area contributed by atoms with Crippen LogP contribution in [0, 0.1) is 0 Å². The summed E-state index contributed by atoms with van der Waals surface area (Å²) in [7, 11) is 0. The molecule has 0 spiro atoms. The Labute approximate surface area is 288 Å². The van der Waals surface area contributed by atoms with Crippen LogP contribution in [0.4, 0.5) is 17.1 Å². The van der Waals surface area contributed by atoms with Crippen LogP contribution >= 0.6 is 11.3 Å². The second kappa shape index (κ2) is 11.2. The van der Waals surface area contributed by atoms with E-state index in [1.165, 1.54) is 69.6 Å². The average molecular weight is 643 g/mol. The SMILES string of the molecule is c1ccc(N(c2cccc(-c3ccc4c5ccccc5n(-c5ccc6ccccc6c5)c4c3)c2)c2ccc3c(c2)sc2ccccc23)cc1. The molecule has 230 valence electrons. The molecule has 0 atom stereocenters. The smallest absolute Gasteiger partial charge is 0.0547 e. The van der Waals surface area contributed by atoms with Crippen LogP contribution in [0.15, 0.2) is 182 Å². The van der Waals surface area contributed by atoms with E-state index in [-0.39, 0.29) is 0 Å². The minimum Gasteiger partial charge on any atom is -0.310 e. The molecule has 3 heteroatoms. The summed E-state index contributed by atoms with van der Waals surface area (Å²) >= 11 is 1.86. The maximum atomic E-state index is 2.42. The van der Waals surface area contributed by atoms with Crippen molar-refractivity contribution in [1.82, 2.24) is 4.57 Å². The van der Waals surface area contributed by atoms with Gasteiger partial charge in [0.05, 0.1) is 11.0 Å². The van der Waals surface area contributed by atoms with Gasteiger partial charge in [0.15, 0.2) is 0 Å². The molecule has 0 saturated carbocycles. The van der Waals surface area contributed by atoms with Crippen molar-refractivity contribution in [2.75, 3.05) is 4.90 Å². The van der Waals surface area contributed by atoms with Gasteiger partial charge in [0.25, 0.3) is 0 Å². The first-order chi connectivity index (χ1) is 24.3. The number of hydrogen-bond donors (Lipinski definition) is 0. The molecular formula is C46H30N2S. The summed E-state index contributed by atoms with van der Waals surface area (Å²) in [5.74, 6) is 0. The zero-order valence-electron chi connectivity index (χ0n) is 26.6. The van der Waals surface area contributed by atoms with Gasteiger partial charge in [-0.05, 0) is 88.6 Å². The van der Waals surface area contributed by atoms with Gasteiger partial charge in [-0.15, -0.1) is 11.3 Å². The molecule has 0 aliphatic rings. The van der Waals surface area contributed by atoms with Crippen LogP contribution in [0.25, 0.3) is 69.6 Å². The normalized spacial score (nSPS) is 11.7. The molecule has 2 aromatic heterocycles. The number of rotatable bonds is 5. The maximum Gasteiger partial charge on any atom is 0.0547 e. The molecule has 0 fully saturated rings. The van der Waals surface area contributed by atoms with E-state index in [0.717, 1.165) is 17.1 Å². The maximum absolute atomic E-state index is 2.42.